The van der Waals surface area contributed by atoms with Crippen LogP contribution in [0.3, 0.4) is 0 Å². The Bertz CT molecular complexity index is 453. The van der Waals surface area contributed by atoms with Crippen LogP contribution in [0.15, 0.2) is 29.9 Å². The summed E-state index contributed by atoms with van der Waals surface area (Å²) >= 11 is 1.77. The number of nitrogens with one attached hydrogen (secondary N) is 1. The lowest BCUT2D eigenvalue weighted by Crippen LogP contribution is -2.28. The summed E-state index contributed by atoms with van der Waals surface area (Å²) in [5.41, 5.74) is 0. The number of aromatic nitrogens is 2. The molecule has 4 nitrogen and oxygen atoms in total. The van der Waals surface area contributed by atoms with E-state index in [4.69, 9.17) is 4.74 Å². The lowest BCUT2D eigenvalue weighted by Gasteiger charge is -2.13. The van der Waals surface area contributed by atoms with Crippen molar-refractivity contribution in [2.45, 2.75) is 33.0 Å². The Morgan fingerprint density at radius 3 is 3.11 bits per heavy atom. The van der Waals surface area contributed by atoms with Gasteiger partial charge in [0.05, 0.1) is 12.4 Å². The van der Waals surface area contributed by atoms with Crippen molar-refractivity contribution in [3.05, 3.63) is 34.8 Å². The lowest BCUT2D eigenvalue weighted by molar-refractivity contribution is 0.216. The van der Waals surface area contributed by atoms with Gasteiger partial charge < -0.3 is 10.1 Å². The van der Waals surface area contributed by atoms with E-state index in [1.54, 1.807) is 17.5 Å². The van der Waals surface area contributed by atoms with Crippen LogP contribution in [-0.4, -0.2) is 22.4 Å². The van der Waals surface area contributed by atoms with Crippen molar-refractivity contribution in [1.82, 2.24) is 15.1 Å². The highest BCUT2D eigenvalue weighted by molar-refractivity contribution is 7.09. The smallest absolute Gasteiger partial charge is 0.157 e. The van der Waals surface area contributed by atoms with E-state index in [2.05, 4.69) is 41.8 Å². The quantitative estimate of drug-likeness (QED) is 0.836. The topological polar surface area (TPSA) is 39.1 Å². The number of nitrogens with zero attached hydrogens (tertiary/aromatic N) is 2. The highest BCUT2D eigenvalue weighted by Gasteiger charge is 2.05. The summed E-state index contributed by atoms with van der Waals surface area (Å²) in [5, 5.41) is 9.66. The number of aryl methyl sites for hydroxylation is 1. The van der Waals surface area contributed by atoms with E-state index in [-0.39, 0.29) is 6.10 Å². The van der Waals surface area contributed by atoms with Crippen LogP contribution in [0, 0.1) is 0 Å². The number of hydrogen-bond acceptors (Lipinski definition) is 4. The Hall–Kier alpha value is -1.33. The first-order chi connectivity index (χ1) is 8.78. The maximum Gasteiger partial charge on any atom is 0.157 e. The van der Waals surface area contributed by atoms with Crippen molar-refractivity contribution in [3.63, 3.8) is 0 Å². The Labute approximate surface area is 112 Å². The van der Waals surface area contributed by atoms with Gasteiger partial charge in [-0.1, -0.05) is 6.07 Å². The number of rotatable bonds is 7. The van der Waals surface area contributed by atoms with Crippen LogP contribution in [0.2, 0.25) is 0 Å². The zero-order valence-corrected chi connectivity index (χ0v) is 11.6. The van der Waals surface area contributed by atoms with E-state index in [1.807, 2.05) is 10.9 Å². The van der Waals surface area contributed by atoms with E-state index in [0.717, 1.165) is 25.4 Å². The molecule has 5 heteroatoms. The first-order valence-corrected chi connectivity index (χ1v) is 7.08. The first kappa shape index (κ1) is 13.1. The molecule has 1 atom stereocenters. The zero-order valence-electron chi connectivity index (χ0n) is 10.8. The van der Waals surface area contributed by atoms with E-state index < -0.39 is 0 Å². The normalized spacial score (nSPS) is 12.6. The fraction of sp³-hybridized carbons (Fsp3) is 0.462. The summed E-state index contributed by atoms with van der Waals surface area (Å²) in [7, 11) is 0. The average Bonchev–Trinajstić information content (AvgIpc) is 3.00. The molecule has 0 fully saturated rings. The molecule has 98 valence electrons. The molecular formula is C13H19N3OS. The summed E-state index contributed by atoms with van der Waals surface area (Å²) in [6.45, 7) is 6.72. The van der Waals surface area contributed by atoms with Crippen molar-refractivity contribution in [3.8, 4) is 5.75 Å². The summed E-state index contributed by atoms with van der Waals surface area (Å²) < 4.78 is 7.64. The standard InChI is InChI=1S/C13H19N3OS/c1-3-16-10-12(8-15-16)17-11(2)7-14-9-13-5-4-6-18-13/h4-6,8,10-11,14H,3,7,9H2,1-2H3. The summed E-state index contributed by atoms with van der Waals surface area (Å²) in [5.74, 6) is 0.835. The molecule has 0 saturated carbocycles. The van der Waals surface area contributed by atoms with E-state index in [0.29, 0.717) is 0 Å². The molecule has 2 heterocycles. The van der Waals surface area contributed by atoms with Gasteiger partial charge in [0.1, 0.15) is 6.10 Å². The summed E-state index contributed by atoms with van der Waals surface area (Å²) in [4.78, 5) is 1.35. The molecule has 0 aliphatic heterocycles. The molecule has 0 radical (unpaired) electrons. The van der Waals surface area contributed by atoms with Gasteiger partial charge in [0, 0.05) is 24.5 Å². The molecule has 0 spiro atoms. The van der Waals surface area contributed by atoms with Crippen LogP contribution in [0.1, 0.15) is 18.7 Å². The Morgan fingerprint density at radius 1 is 1.56 bits per heavy atom. The predicted octanol–water partition coefficient (Wildman–Crippen LogP) is 2.52. The SMILES string of the molecule is CCn1cc(OC(C)CNCc2cccs2)cn1. The van der Waals surface area contributed by atoms with Crippen LogP contribution in [0.5, 0.6) is 5.75 Å². The molecule has 2 rings (SSSR count). The first-order valence-electron chi connectivity index (χ1n) is 6.20. The van der Waals surface area contributed by atoms with Gasteiger partial charge in [0.15, 0.2) is 5.75 Å². The maximum absolute atomic E-state index is 5.77. The third kappa shape index (κ3) is 3.85. The number of thiophene rings is 1. The molecule has 0 aromatic carbocycles. The van der Waals surface area contributed by atoms with Gasteiger partial charge in [-0.2, -0.15) is 5.10 Å². The Balaban J connectivity index is 1.70. The van der Waals surface area contributed by atoms with Crippen molar-refractivity contribution < 1.29 is 4.74 Å². The molecule has 0 aliphatic carbocycles. The molecule has 0 aliphatic rings. The highest BCUT2D eigenvalue weighted by Crippen LogP contribution is 2.11. The molecule has 1 N–H and O–H groups in total. The molecule has 0 amide bonds. The van der Waals surface area contributed by atoms with E-state index in [9.17, 15) is 0 Å². The Morgan fingerprint density at radius 2 is 2.44 bits per heavy atom. The third-order valence-corrected chi connectivity index (χ3v) is 3.46. The van der Waals surface area contributed by atoms with Gasteiger partial charge in [-0.25, -0.2) is 0 Å². The minimum atomic E-state index is 0.138. The van der Waals surface area contributed by atoms with Crippen LogP contribution in [0.25, 0.3) is 0 Å². The second-order valence-electron chi connectivity index (χ2n) is 4.17. The third-order valence-electron chi connectivity index (χ3n) is 2.58. The van der Waals surface area contributed by atoms with Gasteiger partial charge >= 0.3 is 0 Å². The van der Waals surface area contributed by atoms with Crippen LogP contribution >= 0.6 is 11.3 Å². The zero-order chi connectivity index (χ0) is 12.8. The van der Waals surface area contributed by atoms with Crippen molar-refractivity contribution in [2.24, 2.45) is 0 Å². The monoisotopic (exact) mass is 265 g/mol. The van der Waals surface area contributed by atoms with Crippen molar-refractivity contribution in [1.29, 1.82) is 0 Å². The Kier molecular flexibility index (Phi) is 4.78. The molecule has 2 aromatic heterocycles. The van der Waals surface area contributed by atoms with Crippen molar-refractivity contribution >= 4 is 11.3 Å². The minimum Gasteiger partial charge on any atom is -0.486 e. The number of ether oxygens (including phenoxy) is 1. The maximum atomic E-state index is 5.77. The average molecular weight is 265 g/mol. The van der Waals surface area contributed by atoms with Crippen molar-refractivity contribution in [2.75, 3.05) is 6.54 Å². The molecule has 0 bridgehead atoms. The van der Waals surface area contributed by atoms with E-state index in [1.165, 1.54) is 4.88 Å². The van der Waals surface area contributed by atoms with Crippen LogP contribution < -0.4 is 10.1 Å². The fourth-order valence-corrected chi connectivity index (χ4v) is 2.34. The summed E-state index contributed by atoms with van der Waals surface area (Å²) in [6.07, 6.45) is 3.83. The van der Waals surface area contributed by atoms with Gasteiger partial charge in [-0.3, -0.25) is 4.68 Å². The second kappa shape index (κ2) is 6.56. The van der Waals surface area contributed by atoms with Gasteiger partial charge in [0.25, 0.3) is 0 Å². The van der Waals surface area contributed by atoms with Crippen LogP contribution in [-0.2, 0) is 13.1 Å². The summed E-state index contributed by atoms with van der Waals surface area (Å²) in [6, 6.07) is 4.20. The van der Waals surface area contributed by atoms with Gasteiger partial charge in [0.2, 0.25) is 0 Å². The van der Waals surface area contributed by atoms with Gasteiger partial charge in [-0.05, 0) is 25.3 Å². The number of hydrogen-bond donors (Lipinski definition) is 1. The highest BCUT2D eigenvalue weighted by atomic mass is 32.1. The fourth-order valence-electron chi connectivity index (χ4n) is 1.66. The lowest BCUT2D eigenvalue weighted by atomic mass is 10.4. The molecule has 18 heavy (non-hydrogen) atoms. The molecule has 2 aromatic rings. The minimum absolute atomic E-state index is 0.138. The predicted molar refractivity (Wildman–Crippen MR) is 74.0 cm³/mol. The molecule has 0 saturated heterocycles. The largest absolute Gasteiger partial charge is 0.486 e. The molecular weight excluding hydrogens is 246 g/mol. The molecule has 1 unspecified atom stereocenters. The van der Waals surface area contributed by atoms with Gasteiger partial charge in [-0.15, -0.1) is 11.3 Å². The second-order valence-corrected chi connectivity index (χ2v) is 5.20. The van der Waals surface area contributed by atoms with Crippen LogP contribution in [0.4, 0.5) is 0 Å². The van der Waals surface area contributed by atoms with E-state index >= 15 is 0 Å².